The van der Waals surface area contributed by atoms with Crippen molar-refractivity contribution in [3.63, 3.8) is 0 Å². The van der Waals surface area contributed by atoms with Crippen molar-refractivity contribution < 1.29 is 4.79 Å². The SMILES string of the molecule is CC(Sc1nccn1Cc1ccccc1)C(=O)Nc1cc(Cl)ccc1Cl. The van der Waals surface area contributed by atoms with E-state index in [0.717, 1.165) is 5.16 Å². The van der Waals surface area contributed by atoms with Gasteiger partial charge in [0, 0.05) is 24.0 Å². The van der Waals surface area contributed by atoms with Crippen LogP contribution in [0.15, 0.2) is 66.1 Å². The van der Waals surface area contributed by atoms with Gasteiger partial charge in [-0.2, -0.15) is 0 Å². The molecular weight excluding hydrogens is 389 g/mol. The van der Waals surface area contributed by atoms with Crippen molar-refractivity contribution in [2.75, 3.05) is 5.32 Å². The molecule has 0 spiro atoms. The van der Waals surface area contributed by atoms with Gasteiger partial charge in [-0.3, -0.25) is 4.79 Å². The van der Waals surface area contributed by atoms with Gasteiger partial charge in [-0.15, -0.1) is 0 Å². The maximum atomic E-state index is 12.5. The van der Waals surface area contributed by atoms with Crippen LogP contribution in [0, 0.1) is 0 Å². The molecule has 0 fully saturated rings. The van der Waals surface area contributed by atoms with E-state index in [-0.39, 0.29) is 11.2 Å². The predicted molar refractivity (Wildman–Crippen MR) is 108 cm³/mol. The lowest BCUT2D eigenvalue weighted by atomic mass is 10.2. The first-order valence-corrected chi connectivity index (χ1v) is 9.64. The fraction of sp³-hybridized carbons (Fsp3) is 0.158. The van der Waals surface area contributed by atoms with E-state index in [9.17, 15) is 4.79 Å². The molecular formula is C19H17Cl2N3OS. The minimum Gasteiger partial charge on any atom is -0.324 e. The molecule has 1 atom stereocenters. The monoisotopic (exact) mass is 405 g/mol. The number of aromatic nitrogens is 2. The van der Waals surface area contributed by atoms with Crippen molar-refractivity contribution in [3.8, 4) is 0 Å². The van der Waals surface area contributed by atoms with Crippen LogP contribution in [0.3, 0.4) is 0 Å². The van der Waals surface area contributed by atoms with E-state index >= 15 is 0 Å². The average molecular weight is 406 g/mol. The Hall–Kier alpha value is -1.95. The fourth-order valence-electron chi connectivity index (χ4n) is 2.35. The number of carbonyl (C=O) groups excluding carboxylic acids is 1. The van der Waals surface area contributed by atoms with Gasteiger partial charge in [0.2, 0.25) is 5.91 Å². The molecule has 0 aliphatic heterocycles. The third-order valence-corrected chi connectivity index (χ3v) is 5.39. The molecule has 3 rings (SSSR count). The maximum Gasteiger partial charge on any atom is 0.237 e. The Bertz CT molecular complexity index is 899. The number of imidazole rings is 1. The van der Waals surface area contributed by atoms with Crippen LogP contribution in [0.5, 0.6) is 0 Å². The van der Waals surface area contributed by atoms with Crippen LogP contribution in [-0.2, 0) is 11.3 Å². The van der Waals surface area contributed by atoms with Crippen molar-refractivity contribution in [1.29, 1.82) is 0 Å². The molecule has 1 N–H and O–H groups in total. The first-order chi connectivity index (χ1) is 12.5. The van der Waals surface area contributed by atoms with Gasteiger partial charge in [0.05, 0.1) is 16.0 Å². The molecule has 0 saturated carbocycles. The Balaban J connectivity index is 1.66. The first-order valence-electron chi connectivity index (χ1n) is 8.00. The van der Waals surface area contributed by atoms with Gasteiger partial charge < -0.3 is 9.88 Å². The molecule has 1 unspecified atom stereocenters. The summed E-state index contributed by atoms with van der Waals surface area (Å²) < 4.78 is 2.02. The highest BCUT2D eigenvalue weighted by Crippen LogP contribution is 2.28. The standard InChI is InChI=1S/C19H17Cl2N3OS/c1-13(18(25)23-17-11-15(20)7-8-16(17)21)26-19-22-9-10-24(19)12-14-5-3-2-4-6-14/h2-11,13H,12H2,1H3,(H,23,25). The largest absolute Gasteiger partial charge is 0.324 e. The van der Waals surface area contributed by atoms with Gasteiger partial charge in [-0.05, 0) is 30.7 Å². The Kier molecular flexibility index (Phi) is 6.25. The smallest absolute Gasteiger partial charge is 0.237 e. The zero-order valence-electron chi connectivity index (χ0n) is 14.0. The number of anilines is 1. The van der Waals surface area contributed by atoms with E-state index in [0.29, 0.717) is 22.3 Å². The van der Waals surface area contributed by atoms with Gasteiger partial charge >= 0.3 is 0 Å². The third-order valence-electron chi connectivity index (χ3n) is 3.71. The quantitative estimate of drug-likeness (QED) is 0.561. The van der Waals surface area contributed by atoms with E-state index in [1.54, 1.807) is 24.4 Å². The van der Waals surface area contributed by atoms with E-state index in [1.165, 1.54) is 17.3 Å². The highest BCUT2D eigenvalue weighted by molar-refractivity contribution is 8.00. The summed E-state index contributed by atoms with van der Waals surface area (Å²) in [6, 6.07) is 15.1. The molecule has 4 nitrogen and oxygen atoms in total. The average Bonchev–Trinajstić information content (AvgIpc) is 3.05. The summed E-state index contributed by atoms with van der Waals surface area (Å²) in [6.07, 6.45) is 3.65. The van der Waals surface area contributed by atoms with Gasteiger partial charge in [-0.1, -0.05) is 65.3 Å². The van der Waals surface area contributed by atoms with Gasteiger partial charge in [0.15, 0.2) is 5.16 Å². The molecule has 26 heavy (non-hydrogen) atoms. The van der Waals surface area contributed by atoms with Crippen LogP contribution < -0.4 is 5.32 Å². The number of nitrogens with zero attached hydrogens (tertiary/aromatic N) is 2. The van der Waals surface area contributed by atoms with Crippen LogP contribution in [0.25, 0.3) is 0 Å². The molecule has 134 valence electrons. The molecule has 3 aromatic rings. The van der Waals surface area contributed by atoms with Crippen molar-refractivity contribution in [2.45, 2.75) is 23.9 Å². The molecule has 1 aromatic heterocycles. The molecule has 0 bridgehead atoms. The maximum absolute atomic E-state index is 12.5. The summed E-state index contributed by atoms with van der Waals surface area (Å²) in [5, 5.41) is 4.23. The van der Waals surface area contributed by atoms with Crippen molar-refractivity contribution in [2.24, 2.45) is 0 Å². The van der Waals surface area contributed by atoms with E-state index < -0.39 is 0 Å². The van der Waals surface area contributed by atoms with Crippen molar-refractivity contribution in [3.05, 3.63) is 76.5 Å². The van der Waals surface area contributed by atoms with Crippen molar-refractivity contribution >= 4 is 46.6 Å². The number of halogens is 2. The van der Waals surface area contributed by atoms with Gasteiger partial charge in [0.1, 0.15) is 0 Å². The summed E-state index contributed by atoms with van der Waals surface area (Å²) in [4.78, 5) is 16.9. The number of nitrogens with one attached hydrogen (secondary N) is 1. The number of benzene rings is 2. The summed E-state index contributed by atoms with van der Waals surface area (Å²) in [6.45, 7) is 2.54. The molecule has 0 saturated heterocycles. The summed E-state index contributed by atoms with van der Waals surface area (Å²) in [5.41, 5.74) is 1.68. The Morgan fingerprint density at radius 3 is 2.77 bits per heavy atom. The molecule has 2 aromatic carbocycles. The number of hydrogen-bond acceptors (Lipinski definition) is 3. The molecule has 0 aliphatic carbocycles. The van der Waals surface area contributed by atoms with E-state index in [4.69, 9.17) is 23.2 Å². The summed E-state index contributed by atoms with van der Waals surface area (Å²) in [5.74, 6) is -0.159. The highest BCUT2D eigenvalue weighted by Gasteiger charge is 2.18. The Morgan fingerprint density at radius 2 is 2.00 bits per heavy atom. The zero-order chi connectivity index (χ0) is 18.5. The number of hydrogen-bond donors (Lipinski definition) is 1. The summed E-state index contributed by atoms with van der Waals surface area (Å²) >= 11 is 13.5. The van der Waals surface area contributed by atoms with E-state index in [1.807, 2.05) is 35.9 Å². The zero-order valence-corrected chi connectivity index (χ0v) is 16.4. The second-order valence-electron chi connectivity index (χ2n) is 5.70. The minimum absolute atomic E-state index is 0.159. The number of amides is 1. The van der Waals surface area contributed by atoms with Crippen LogP contribution in [0.2, 0.25) is 10.0 Å². The number of rotatable bonds is 6. The van der Waals surface area contributed by atoms with Crippen LogP contribution in [0.1, 0.15) is 12.5 Å². The van der Waals surface area contributed by atoms with Gasteiger partial charge in [0.25, 0.3) is 0 Å². The second-order valence-corrected chi connectivity index (χ2v) is 7.85. The normalized spacial score (nSPS) is 12.0. The number of thioether (sulfide) groups is 1. The molecule has 1 heterocycles. The highest BCUT2D eigenvalue weighted by atomic mass is 35.5. The molecule has 0 radical (unpaired) electrons. The molecule has 0 aliphatic rings. The van der Waals surface area contributed by atoms with Crippen molar-refractivity contribution in [1.82, 2.24) is 9.55 Å². The minimum atomic E-state index is -0.345. The second kappa shape index (κ2) is 8.62. The van der Waals surface area contributed by atoms with E-state index in [2.05, 4.69) is 22.4 Å². The summed E-state index contributed by atoms with van der Waals surface area (Å²) in [7, 11) is 0. The molecule has 7 heteroatoms. The fourth-order valence-corrected chi connectivity index (χ4v) is 3.55. The van der Waals surface area contributed by atoms with Crippen LogP contribution >= 0.6 is 35.0 Å². The lowest BCUT2D eigenvalue weighted by Gasteiger charge is -2.14. The van der Waals surface area contributed by atoms with Gasteiger partial charge in [-0.25, -0.2) is 4.98 Å². The topological polar surface area (TPSA) is 46.9 Å². The first kappa shape index (κ1) is 18.8. The molecule has 1 amide bonds. The predicted octanol–water partition coefficient (Wildman–Crippen LogP) is 5.36. The lowest BCUT2D eigenvalue weighted by Crippen LogP contribution is -2.23. The number of carbonyl (C=O) groups is 1. The third kappa shape index (κ3) is 4.81. The van der Waals surface area contributed by atoms with Crippen LogP contribution in [-0.4, -0.2) is 20.7 Å². The Labute approximate surface area is 166 Å². The lowest BCUT2D eigenvalue weighted by molar-refractivity contribution is -0.115. The van der Waals surface area contributed by atoms with Crippen LogP contribution in [0.4, 0.5) is 5.69 Å². The Morgan fingerprint density at radius 1 is 1.23 bits per heavy atom.